The zero-order chi connectivity index (χ0) is 14.8. The molecule has 1 unspecified atom stereocenters. The molecule has 0 spiro atoms. The Kier molecular flexibility index (Phi) is 3.94. The Morgan fingerprint density at radius 2 is 2.29 bits per heavy atom. The van der Waals surface area contributed by atoms with E-state index < -0.39 is 0 Å². The summed E-state index contributed by atoms with van der Waals surface area (Å²) in [6, 6.07) is 8.27. The lowest BCUT2D eigenvalue weighted by atomic mass is 10.0. The molecule has 0 saturated carbocycles. The number of thiophene rings is 1. The molecule has 2 aromatic rings. The van der Waals surface area contributed by atoms with Gasteiger partial charge in [-0.3, -0.25) is 4.79 Å². The molecule has 4 nitrogen and oxygen atoms in total. The number of benzene rings is 1. The second kappa shape index (κ2) is 5.87. The quantitative estimate of drug-likeness (QED) is 0.913. The summed E-state index contributed by atoms with van der Waals surface area (Å²) in [5.41, 5.74) is 3.23. The number of carbonyl (C=O) groups is 1. The zero-order valence-electron chi connectivity index (χ0n) is 12.1. The standard InChI is InChI=1S/C16H18N2O2S/c1-3-10-6-7-21-16(10)15(17-2)11-4-5-13-12(8-11)18-14(19)9-20-13/h4-8,15,17H,3,9H2,1-2H3,(H,18,19). The Morgan fingerprint density at radius 3 is 3.05 bits per heavy atom. The third-order valence-electron chi connectivity index (χ3n) is 3.68. The van der Waals surface area contributed by atoms with E-state index in [9.17, 15) is 4.79 Å². The van der Waals surface area contributed by atoms with Gasteiger partial charge in [-0.05, 0) is 48.2 Å². The first-order valence-electron chi connectivity index (χ1n) is 7.03. The topological polar surface area (TPSA) is 50.4 Å². The molecule has 0 aliphatic carbocycles. The molecular weight excluding hydrogens is 284 g/mol. The van der Waals surface area contributed by atoms with Crippen LogP contribution in [0.2, 0.25) is 0 Å². The molecule has 3 rings (SSSR count). The molecule has 1 aromatic carbocycles. The summed E-state index contributed by atoms with van der Waals surface area (Å²) in [6.45, 7) is 2.26. The lowest BCUT2D eigenvalue weighted by molar-refractivity contribution is -0.118. The van der Waals surface area contributed by atoms with Gasteiger partial charge in [0.05, 0.1) is 11.7 Å². The molecule has 0 fully saturated rings. The zero-order valence-corrected chi connectivity index (χ0v) is 12.9. The van der Waals surface area contributed by atoms with Crippen LogP contribution in [0, 0.1) is 0 Å². The van der Waals surface area contributed by atoms with Crippen LogP contribution in [0.3, 0.4) is 0 Å². The molecule has 0 bridgehead atoms. The van der Waals surface area contributed by atoms with Gasteiger partial charge in [0.15, 0.2) is 6.61 Å². The Balaban J connectivity index is 1.98. The number of hydrogen-bond acceptors (Lipinski definition) is 4. The van der Waals surface area contributed by atoms with E-state index in [1.165, 1.54) is 10.4 Å². The normalized spacial score (nSPS) is 15.0. The van der Waals surface area contributed by atoms with E-state index in [1.54, 1.807) is 11.3 Å². The Hall–Kier alpha value is -1.85. The fourth-order valence-corrected chi connectivity index (χ4v) is 3.75. The molecule has 1 atom stereocenters. The first-order valence-corrected chi connectivity index (χ1v) is 7.91. The van der Waals surface area contributed by atoms with Gasteiger partial charge in [0.2, 0.25) is 0 Å². The Morgan fingerprint density at radius 1 is 1.43 bits per heavy atom. The summed E-state index contributed by atoms with van der Waals surface area (Å²) < 4.78 is 5.41. The minimum absolute atomic E-state index is 0.0900. The summed E-state index contributed by atoms with van der Waals surface area (Å²) in [6.07, 6.45) is 1.02. The van der Waals surface area contributed by atoms with E-state index in [-0.39, 0.29) is 18.6 Å². The molecule has 1 aliphatic rings. The Bertz CT molecular complexity index is 666. The fourth-order valence-electron chi connectivity index (χ4n) is 2.62. The number of aryl methyl sites for hydroxylation is 1. The van der Waals surface area contributed by atoms with Crippen LogP contribution in [0.4, 0.5) is 5.69 Å². The molecule has 2 heterocycles. The maximum Gasteiger partial charge on any atom is 0.262 e. The highest BCUT2D eigenvalue weighted by Crippen LogP contribution is 2.35. The van der Waals surface area contributed by atoms with Crippen LogP contribution in [-0.4, -0.2) is 19.6 Å². The first kappa shape index (κ1) is 14.1. The third-order valence-corrected chi connectivity index (χ3v) is 4.71. The van der Waals surface area contributed by atoms with Gasteiger partial charge in [-0.1, -0.05) is 13.0 Å². The number of carbonyl (C=O) groups excluding carboxylic acids is 1. The second-order valence-electron chi connectivity index (χ2n) is 4.98. The fraction of sp³-hybridized carbons (Fsp3) is 0.312. The van der Waals surface area contributed by atoms with E-state index in [0.717, 1.165) is 23.4 Å². The second-order valence-corrected chi connectivity index (χ2v) is 5.93. The minimum atomic E-state index is -0.106. The van der Waals surface area contributed by atoms with Gasteiger partial charge in [-0.15, -0.1) is 11.3 Å². The van der Waals surface area contributed by atoms with Crippen molar-refractivity contribution in [3.63, 3.8) is 0 Å². The number of amides is 1. The predicted molar refractivity (Wildman–Crippen MR) is 85.2 cm³/mol. The van der Waals surface area contributed by atoms with Gasteiger partial charge in [0.1, 0.15) is 5.75 Å². The summed E-state index contributed by atoms with van der Waals surface area (Å²) in [4.78, 5) is 12.8. The van der Waals surface area contributed by atoms with Crippen molar-refractivity contribution in [1.82, 2.24) is 5.32 Å². The van der Waals surface area contributed by atoms with Crippen LogP contribution in [0.15, 0.2) is 29.6 Å². The average Bonchev–Trinajstić information content (AvgIpc) is 2.96. The molecule has 2 N–H and O–H groups in total. The van der Waals surface area contributed by atoms with E-state index in [4.69, 9.17) is 4.74 Å². The number of hydrogen-bond donors (Lipinski definition) is 2. The SMILES string of the molecule is CCc1ccsc1C(NC)c1ccc2c(c1)NC(=O)CO2. The van der Waals surface area contributed by atoms with E-state index in [1.807, 2.05) is 19.2 Å². The largest absolute Gasteiger partial charge is 0.482 e. The van der Waals surface area contributed by atoms with Crippen molar-refractivity contribution in [1.29, 1.82) is 0 Å². The molecule has 1 aliphatic heterocycles. The Labute approximate surface area is 128 Å². The van der Waals surface area contributed by atoms with Crippen LogP contribution in [-0.2, 0) is 11.2 Å². The molecule has 110 valence electrons. The van der Waals surface area contributed by atoms with Crippen molar-refractivity contribution < 1.29 is 9.53 Å². The molecule has 1 aromatic heterocycles. The van der Waals surface area contributed by atoms with Gasteiger partial charge < -0.3 is 15.4 Å². The lowest BCUT2D eigenvalue weighted by Crippen LogP contribution is -2.26. The summed E-state index contributed by atoms with van der Waals surface area (Å²) in [7, 11) is 1.96. The van der Waals surface area contributed by atoms with E-state index in [2.05, 4.69) is 35.1 Å². The number of rotatable bonds is 4. The van der Waals surface area contributed by atoms with Crippen molar-refractivity contribution >= 4 is 22.9 Å². The molecular formula is C16H18N2O2S. The highest BCUT2D eigenvalue weighted by Gasteiger charge is 2.21. The van der Waals surface area contributed by atoms with Gasteiger partial charge in [0.25, 0.3) is 5.91 Å². The van der Waals surface area contributed by atoms with Crippen LogP contribution >= 0.6 is 11.3 Å². The number of fused-ring (bicyclic) bond motifs is 1. The number of nitrogens with one attached hydrogen (secondary N) is 2. The van der Waals surface area contributed by atoms with Gasteiger partial charge in [-0.25, -0.2) is 0 Å². The maximum absolute atomic E-state index is 11.5. The van der Waals surface area contributed by atoms with E-state index in [0.29, 0.717) is 0 Å². The predicted octanol–water partition coefficient (Wildman–Crippen LogP) is 2.95. The van der Waals surface area contributed by atoms with Crippen molar-refractivity contribution in [3.05, 3.63) is 45.6 Å². The van der Waals surface area contributed by atoms with Crippen molar-refractivity contribution in [2.45, 2.75) is 19.4 Å². The number of ether oxygens (including phenoxy) is 1. The first-order chi connectivity index (χ1) is 10.2. The van der Waals surface area contributed by atoms with Gasteiger partial charge >= 0.3 is 0 Å². The lowest BCUT2D eigenvalue weighted by Gasteiger charge is -2.22. The van der Waals surface area contributed by atoms with Crippen molar-refractivity contribution in [2.75, 3.05) is 19.0 Å². The van der Waals surface area contributed by atoms with Crippen LogP contribution in [0.25, 0.3) is 0 Å². The van der Waals surface area contributed by atoms with Crippen LogP contribution in [0.5, 0.6) is 5.75 Å². The molecule has 21 heavy (non-hydrogen) atoms. The molecule has 0 radical (unpaired) electrons. The highest BCUT2D eigenvalue weighted by atomic mass is 32.1. The molecule has 1 amide bonds. The smallest absolute Gasteiger partial charge is 0.262 e. The van der Waals surface area contributed by atoms with Crippen LogP contribution in [0.1, 0.15) is 29.0 Å². The van der Waals surface area contributed by atoms with Gasteiger partial charge in [-0.2, -0.15) is 0 Å². The third kappa shape index (κ3) is 2.66. The van der Waals surface area contributed by atoms with Crippen molar-refractivity contribution in [2.24, 2.45) is 0 Å². The highest BCUT2D eigenvalue weighted by molar-refractivity contribution is 7.10. The minimum Gasteiger partial charge on any atom is -0.482 e. The molecule has 0 saturated heterocycles. The van der Waals surface area contributed by atoms with Crippen molar-refractivity contribution in [3.8, 4) is 5.75 Å². The maximum atomic E-state index is 11.5. The van der Waals surface area contributed by atoms with Crippen LogP contribution < -0.4 is 15.4 Å². The summed E-state index contributed by atoms with van der Waals surface area (Å²) in [5, 5.41) is 8.36. The monoisotopic (exact) mass is 302 g/mol. The number of anilines is 1. The molecule has 5 heteroatoms. The average molecular weight is 302 g/mol. The summed E-state index contributed by atoms with van der Waals surface area (Å²) >= 11 is 1.76. The van der Waals surface area contributed by atoms with E-state index >= 15 is 0 Å². The van der Waals surface area contributed by atoms with Gasteiger partial charge in [0, 0.05) is 4.88 Å². The summed E-state index contributed by atoms with van der Waals surface area (Å²) in [5.74, 6) is 0.626.